The molecule has 6 heteroatoms. The zero-order chi connectivity index (χ0) is 17.6. The number of methoxy groups -OCH3 is 1. The van der Waals surface area contributed by atoms with Crippen molar-refractivity contribution in [2.45, 2.75) is 24.5 Å². The van der Waals surface area contributed by atoms with E-state index < -0.39 is 0 Å². The Bertz CT molecular complexity index is 792. The van der Waals surface area contributed by atoms with Crippen molar-refractivity contribution in [3.8, 4) is 5.75 Å². The Labute approximate surface area is 156 Å². The number of hydrogen-bond donors (Lipinski definition) is 1. The third-order valence-electron chi connectivity index (χ3n) is 3.85. The smallest absolute Gasteiger partial charge is 0.233 e. The van der Waals surface area contributed by atoms with Crippen molar-refractivity contribution in [1.29, 1.82) is 0 Å². The minimum absolute atomic E-state index is 0.00179. The van der Waals surface area contributed by atoms with E-state index in [4.69, 9.17) is 4.74 Å². The summed E-state index contributed by atoms with van der Waals surface area (Å²) in [5.74, 6) is 1.68. The molecule has 0 radical (unpaired) electrons. The number of nitrogens with one attached hydrogen (secondary N) is 1. The van der Waals surface area contributed by atoms with Gasteiger partial charge in [0.1, 0.15) is 10.1 Å². The number of benzene rings is 2. The van der Waals surface area contributed by atoms with Gasteiger partial charge >= 0.3 is 0 Å². The molecule has 1 amide bonds. The highest BCUT2D eigenvalue weighted by atomic mass is 32.2. The summed E-state index contributed by atoms with van der Waals surface area (Å²) in [5, 5.41) is 2.78. The molecule has 0 aromatic heterocycles. The molecule has 1 heterocycles. The van der Waals surface area contributed by atoms with Crippen molar-refractivity contribution < 1.29 is 9.53 Å². The molecular formula is C19H20N2O2S2. The molecule has 25 heavy (non-hydrogen) atoms. The zero-order valence-electron chi connectivity index (χ0n) is 14.2. The molecule has 0 fully saturated rings. The molecule has 0 bridgehead atoms. The minimum atomic E-state index is -0.203. The third kappa shape index (κ3) is 4.58. The monoisotopic (exact) mass is 372 g/mol. The topological polar surface area (TPSA) is 50.7 Å². The molecule has 2 aromatic rings. The Morgan fingerprint density at radius 2 is 2.04 bits per heavy atom. The Hall–Kier alpha value is -1.92. The normalized spacial score (nSPS) is 14.2. The fraction of sp³-hybridized carbons (Fsp3) is 0.263. The second-order valence-corrected chi connectivity index (χ2v) is 8.14. The number of carbonyl (C=O) groups excluding carboxylic acids is 1. The van der Waals surface area contributed by atoms with E-state index in [1.165, 1.54) is 17.3 Å². The zero-order valence-corrected chi connectivity index (χ0v) is 15.8. The van der Waals surface area contributed by atoms with Crippen LogP contribution in [0.1, 0.15) is 18.1 Å². The molecule has 1 aliphatic rings. The molecule has 1 unspecified atom stereocenters. The maximum atomic E-state index is 12.4. The van der Waals surface area contributed by atoms with Gasteiger partial charge in [-0.25, -0.2) is 4.99 Å². The minimum Gasteiger partial charge on any atom is -0.496 e. The summed E-state index contributed by atoms with van der Waals surface area (Å²) in [4.78, 5) is 17.1. The number of aliphatic imine (C=N–C) groups is 1. The summed E-state index contributed by atoms with van der Waals surface area (Å²) in [7, 11) is 1.63. The lowest BCUT2D eigenvalue weighted by Crippen LogP contribution is -2.31. The van der Waals surface area contributed by atoms with Crippen molar-refractivity contribution in [3.05, 3.63) is 59.7 Å². The molecule has 4 nitrogen and oxygen atoms in total. The van der Waals surface area contributed by atoms with Gasteiger partial charge in [-0.05, 0) is 24.6 Å². The van der Waals surface area contributed by atoms with Gasteiger partial charge in [0.25, 0.3) is 0 Å². The van der Waals surface area contributed by atoms with Crippen LogP contribution < -0.4 is 10.1 Å². The van der Waals surface area contributed by atoms with Gasteiger partial charge in [-0.2, -0.15) is 0 Å². The number of hydrogen-bond acceptors (Lipinski definition) is 5. The number of fused-ring (bicyclic) bond motifs is 1. The lowest BCUT2D eigenvalue weighted by atomic mass is 10.2. The van der Waals surface area contributed by atoms with Crippen molar-refractivity contribution >= 4 is 39.5 Å². The number of rotatable bonds is 5. The number of thioether (sulfide) groups is 2. The van der Waals surface area contributed by atoms with E-state index in [9.17, 15) is 4.79 Å². The molecule has 1 atom stereocenters. The molecule has 3 rings (SSSR count). The van der Waals surface area contributed by atoms with Crippen LogP contribution in [0.3, 0.4) is 0 Å². The van der Waals surface area contributed by atoms with Gasteiger partial charge in [-0.3, -0.25) is 4.79 Å². The van der Waals surface area contributed by atoms with Gasteiger partial charge in [0.05, 0.1) is 18.0 Å². The highest BCUT2D eigenvalue weighted by molar-refractivity contribution is 8.39. The molecule has 0 aliphatic carbocycles. The molecule has 0 saturated carbocycles. The van der Waals surface area contributed by atoms with Gasteiger partial charge in [-0.1, -0.05) is 59.9 Å². The van der Waals surface area contributed by atoms with E-state index in [-0.39, 0.29) is 11.2 Å². The Morgan fingerprint density at radius 1 is 1.28 bits per heavy atom. The Balaban J connectivity index is 1.57. The van der Waals surface area contributed by atoms with E-state index in [1.807, 2.05) is 49.4 Å². The SMILES string of the molecule is COc1ccccc1CNC(=O)C(C)SC1=Nc2ccccc2CS1. The summed E-state index contributed by atoms with van der Waals surface area (Å²) in [6.07, 6.45) is 0. The number of para-hydroxylation sites is 2. The van der Waals surface area contributed by atoms with Gasteiger partial charge in [0.15, 0.2) is 0 Å². The molecule has 1 aliphatic heterocycles. The van der Waals surface area contributed by atoms with Gasteiger partial charge in [-0.15, -0.1) is 0 Å². The van der Waals surface area contributed by atoms with Crippen molar-refractivity contribution in [2.75, 3.05) is 7.11 Å². The van der Waals surface area contributed by atoms with Crippen LogP contribution in [0.4, 0.5) is 5.69 Å². The first kappa shape index (κ1) is 17.9. The standard InChI is InChI=1S/C19H20N2O2S2/c1-13(18(22)20-11-14-7-4-6-10-17(14)23-2)25-19-21-16-9-5-3-8-15(16)12-24-19/h3-10,13H,11-12H2,1-2H3,(H,20,22). The van der Waals surface area contributed by atoms with Crippen molar-refractivity contribution in [1.82, 2.24) is 5.32 Å². The molecular weight excluding hydrogens is 352 g/mol. The van der Waals surface area contributed by atoms with E-state index in [1.54, 1.807) is 18.9 Å². The predicted molar refractivity (Wildman–Crippen MR) is 107 cm³/mol. The largest absolute Gasteiger partial charge is 0.496 e. The van der Waals surface area contributed by atoms with Crippen LogP contribution in [0, 0.1) is 0 Å². The number of ether oxygens (including phenoxy) is 1. The van der Waals surface area contributed by atoms with E-state index >= 15 is 0 Å². The fourth-order valence-corrected chi connectivity index (χ4v) is 4.66. The van der Waals surface area contributed by atoms with E-state index in [0.717, 1.165) is 27.1 Å². The van der Waals surface area contributed by atoms with E-state index in [2.05, 4.69) is 16.4 Å². The van der Waals surface area contributed by atoms with Crippen LogP contribution in [-0.4, -0.2) is 22.6 Å². The summed E-state index contributed by atoms with van der Waals surface area (Å²) in [6, 6.07) is 15.8. The van der Waals surface area contributed by atoms with Crippen LogP contribution in [0.25, 0.3) is 0 Å². The Morgan fingerprint density at radius 3 is 2.88 bits per heavy atom. The summed E-state index contributed by atoms with van der Waals surface area (Å²) < 4.78 is 6.26. The molecule has 0 saturated heterocycles. The van der Waals surface area contributed by atoms with Crippen LogP contribution >= 0.6 is 23.5 Å². The van der Waals surface area contributed by atoms with Gasteiger partial charge in [0, 0.05) is 17.9 Å². The molecule has 2 aromatic carbocycles. The first-order valence-corrected chi connectivity index (χ1v) is 9.89. The predicted octanol–water partition coefficient (Wildman–Crippen LogP) is 4.37. The highest BCUT2D eigenvalue weighted by Crippen LogP contribution is 2.35. The number of carbonyl (C=O) groups is 1. The molecule has 1 N–H and O–H groups in total. The van der Waals surface area contributed by atoms with E-state index in [0.29, 0.717) is 6.54 Å². The lowest BCUT2D eigenvalue weighted by molar-refractivity contribution is -0.120. The van der Waals surface area contributed by atoms with Crippen molar-refractivity contribution in [3.63, 3.8) is 0 Å². The van der Waals surface area contributed by atoms with Crippen LogP contribution in [0.15, 0.2) is 53.5 Å². The molecule has 130 valence electrons. The number of amides is 1. The van der Waals surface area contributed by atoms with Crippen LogP contribution in [0.2, 0.25) is 0 Å². The second kappa shape index (κ2) is 8.45. The first-order valence-electron chi connectivity index (χ1n) is 8.03. The number of nitrogens with zero attached hydrogens (tertiary/aromatic N) is 1. The fourth-order valence-electron chi connectivity index (χ4n) is 2.45. The summed E-state index contributed by atoms with van der Waals surface area (Å²) >= 11 is 3.19. The van der Waals surface area contributed by atoms with Gasteiger partial charge in [0.2, 0.25) is 5.91 Å². The maximum absolute atomic E-state index is 12.4. The Kier molecular flexibility index (Phi) is 6.04. The first-order chi connectivity index (χ1) is 12.2. The van der Waals surface area contributed by atoms with Gasteiger partial charge < -0.3 is 10.1 Å². The van der Waals surface area contributed by atoms with Crippen molar-refractivity contribution in [2.24, 2.45) is 4.99 Å². The van der Waals surface area contributed by atoms with Crippen LogP contribution in [-0.2, 0) is 17.1 Å². The summed E-state index contributed by atoms with van der Waals surface area (Å²) in [5.41, 5.74) is 3.21. The quantitative estimate of drug-likeness (QED) is 0.847. The second-order valence-electron chi connectivity index (χ2n) is 5.58. The average molecular weight is 373 g/mol. The van der Waals surface area contributed by atoms with Crippen LogP contribution in [0.5, 0.6) is 5.75 Å². The maximum Gasteiger partial charge on any atom is 0.233 e. The summed E-state index contributed by atoms with van der Waals surface area (Å²) in [6.45, 7) is 2.36. The molecule has 0 spiro atoms. The average Bonchev–Trinajstić information content (AvgIpc) is 2.66. The highest BCUT2D eigenvalue weighted by Gasteiger charge is 2.20. The lowest BCUT2D eigenvalue weighted by Gasteiger charge is -2.17. The third-order valence-corrected chi connectivity index (χ3v) is 6.14.